The molecule has 2 fully saturated rings. The van der Waals surface area contributed by atoms with Gasteiger partial charge in [-0.25, -0.2) is 0 Å². The SMILES string of the molecule is Cc1sccc1P(C1CCCC1)C1CCCC1. The Kier molecular flexibility index (Phi) is 3.87. The monoisotopic (exact) mass is 266 g/mol. The smallest absolute Gasteiger partial charge is 0.00911 e. The van der Waals surface area contributed by atoms with Crippen LogP contribution in [0.4, 0.5) is 0 Å². The number of aryl methyl sites for hydroxylation is 1. The Bertz CT molecular complexity index is 343. The Morgan fingerprint density at radius 3 is 1.94 bits per heavy atom. The van der Waals surface area contributed by atoms with Crippen molar-refractivity contribution < 1.29 is 0 Å². The number of thiophene rings is 1. The maximum absolute atomic E-state index is 2.46. The molecule has 0 aromatic carbocycles. The summed E-state index contributed by atoms with van der Waals surface area (Å²) < 4.78 is 0. The summed E-state index contributed by atoms with van der Waals surface area (Å²) in [6.07, 6.45) is 12.1. The second-order valence-electron chi connectivity index (χ2n) is 5.65. The van der Waals surface area contributed by atoms with E-state index in [2.05, 4.69) is 18.4 Å². The fraction of sp³-hybridized carbons (Fsp3) is 0.733. The van der Waals surface area contributed by atoms with Gasteiger partial charge in [-0.2, -0.15) is 0 Å². The summed E-state index contributed by atoms with van der Waals surface area (Å²) in [6, 6.07) is 2.46. The van der Waals surface area contributed by atoms with Crippen molar-refractivity contribution in [2.45, 2.75) is 69.6 Å². The lowest BCUT2D eigenvalue weighted by Crippen LogP contribution is -2.19. The van der Waals surface area contributed by atoms with Crippen molar-refractivity contribution >= 4 is 24.6 Å². The molecule has 1 aromatic rings. The third kappa shape index (κ3) is 2.47. The molecule has 0 aliphatic heterocycles. The Hall–Kier alpha value is 0.130. The van der Waals surface area contributed by atoms with Crippen LogP contribution in [0.3, 0.4) is 0 Å². The predicted molar refractivity (Wildman–Crippen MR) is 80.1 cm³/mol. The van der Waals surface area contributed by atoms with Crippen LogP contribution in [0.25, 0.3) is 0 Å². The van der Waals surface area contributed by atoms with E-state index < -0.39 is 0 Å². The Morgan fingerprint density at radius 2 is 1.53 bits per heavy atom. The zero-order valence-electron chi connectivity index (χ0n) is 10.8. The van der Waals surface area contributed by atoms with Crippen molar-refractivity contribution in [1.82, 2.24) is 0 Å². The second kappa shape index (κ2) is 5.41. The van der Waals surface area contributed by atoms with Crippen molar-refractivity contribution in [1.29, 1.82) is 0 Å². The highest BCUT2D eigenvalue weighted by Crippen LogP contribution is 2.56. The van der Waals surface area contributed by atoms with Crippen LogP contribution >= 0.6 is 19.3 Å². The molecule has 1 heterocycles. The van der Waals surface area contributed by atoms with Gasteiger partial charge in [0, 0.05) is 4.88 Å². The molecule has 2 aliphatic rings. The zero-order chi connectivity index (χ0) is 11.7. The van der Waals surface area contributed by atoms with Crippen molar-refractivity contribution in [2.24, 2.45) is 0 Å². The molecule has 0 atom stereocenters. The summed E-state index contributed by atoms with van der Waals surface area (Å²) >= 11 is 1.97. The summed E-state index contributed by atoms with van der Waals surface area (Å²) in [5, 5.41) is 4.10. The highest BCUT2D eigenvalue weighted by Gasteiger charge is 2.34. The standard InChI is InChI=1S/C15H23PS/c1-12-15(10-11-17-12)16(13-6-2-3-7-13)14-8-4-5-9-14/h10-11,13-14H,2-9H2,1H3. The van der Waals surface area contributed by atoms with Gasteiger partial charge in [0.2, 0.25) is 0 Å². The van der Waals surface area contributed by atoms with Crippen LogP contribution in [0.1, 0.15) is 56.2 Å². The summed E-state index contributed by atoms with van der Waals surface area (Å²) in [5.74, 6) is 0. The van der Waals surface area contributed by atoms with Crippen molar-refractivity contribution in [2.75, 3.05) is 0 Å². The molecule has 17 heavy (non-hydrogen) atoms. The quantitative estimate of drug-likeness (QED) is 0.672. The summed E-state index contributed by atoms with van der Waals surface area (Å²) in [5.41, 5.74) is 2.14. The Balaban J connectivity index is 1.87. The van der Waals surface area contributed by atoms with Gasteiger partial charge in [0.05, 0.1) is 0 Å². The first-order chi connectivity index (χ1) is 8.36. The largest absolute Gasteiger partial charge is 0.149 e. The average Bonchev–Trinajstić information content (AvgIpc) is 3.04. The molecular weight excluding hydrogens is 243 g/mol. The summed E-state index contributed by atoms with van der Waals surface area (Å²) in [6.45, 7) is 2.35. The Morgan fingerprint density at radius 1 is 1.00 bits per heavy atom. The lowest BCUT2D eigenvalue weighted by atomic mass is 10.3. The molecule has 0 unspecified atom stereocenters. The zero-order valence-corrected chi connectivity index (χ0v) is 12.5. The molecule has 3 rings (SSSR count). The van der Waals surface area contributed by atoms with Crippen molar-refractivity contribution in [3.05, 3.63) is 16.3 Å². The molecule has 0 radical (unpaired) electrons. The third-order valence-corrected chi connectivity index (χ3v) is 9.19. The highest BCUT2D eigenvalue weighted by molar-refractivity contribution is 7.67. The summed E-state index contributed by atoms with van der Waals surface area (Å²) in [7, 11) is 0.169. The van der Waals surface area contributed by atoms with Crippen molar-refractivity contribution in [3.63, 3.8) is 0 Å². The van der Waals surface area contributed by atoms with Crippen molar-refractivity contribution in [3.8, 4) is 0 Å². The van der Waals surface area contributed by atoms with E-state index in [9.17, 15) is 0 Å². The first kappa shape index (κ1) is 12.2. The number of hydrogen-bond acceptors (Lipinski definition) is 1. The molecule has 2 saturated carbocycles. The van der Waals surface area contributed by atoms with Crippen LogP contribution in [0.2, 0.25) is 0 Å². The van der Waals surface area contributed by atoms with Gasteiger partial charge in [0.25, 0.3) is 0 Å². The molecule has 0 amide bonds. The van der Waals surface area contributed by atoms with Gasteiger partial charge in [-0.05, 0) is 60.7 Å². The highest BCUT2D eigenvalue weighted by atomic mass is 32.1. The van der Waals surface area contributed by atoms with Crippen LogP contribution in [0.5, 0.6) is 0 Å². The van der Waals surface area contributed by atoms with Crippen LogP contribution in [0, 0.1) is 6.92 Å². The van der Waals surface area contributed by atoms with E-state index in [-0.39, 0.29) is 7.92 Å². The molecule has 0 N–H and O–H groups in total. The van der Waals surface area contributed by atoms with E-state index in [4.69, 9.17) is 0 Å². The lowest BCUT2D eigenvalue weighted by Gasteiger charge is -2.30. The topological polar surface area (TPSA) is 0 Å². The first-order valence-electron chi connectivity index (χ1n) is 7.18. The van der Waals surface area contributed by atoms with Gasteiger partial charge in [-0.3, -0.25) is 0 Å². The van der Waals surface area contributed by atoms with E-state index in [0.29, 0.717) is 0 Å². The van der Waals surface area contributed by atoms with E-state index >= 15 is 0 Å². The van der Waals surface area contributed by atoms with Crippen LogP contribution in [-0.4, -0.2) is 11.3 Å². The minimum Gasteiger partial charge on any atom is -0.149 e. The molecule has 0 spiro atoms. The minimum absolute atomic E-state index is 0.169. The Labute approximate surface area is 111 Å². The average molecular weight is 266 g/mol. The maximum Gasteiger partial charge on any atom is 0.00911 e. The molecule has 2 aliphatic carbocycles. The summed E-state index contributed by atoms with van der Waals surface area (Å²) in [4.78, 5) is 1.62. The van der Waals surface area contributed by atoms with Crippen LogP contribution in [0.15, 0.2) is 11.4 Å². The molecule has 2 heteroatoms. The van der Waals surface area contributed by atoms with E-state index in [1.54, 1.807) is 10.2 Å². The second-order valence-corrected chi connectivity index (χ2v) is 9.52. The minimum atomic E-state index is 0.169. The molecule has 0 saturated heterocycles. The fourth-order valence-electron chi connectivity index (χ4n) is 3.70. The molecule has 94 valence electrons. The molecular formula is C15H23PS. The van der Waals surface area contributed by atoms with Gasteiger partial charge in [0.1, 0.15) is 0 Å². The van der Waals surface area contributed by atoms with Gasteiger partial charge in [-0.1, -0.05) is 33.6 Å². The molecule has 0 bridgehead atoms. The first-order valence-corrected chi connectivity index (χ1v) is 9.54. The lowest BCUT2D eigenvalue weighted by molar-refractivity contribution is 0.835. The fourth-order valence-corrected chi connectivity index (χ4v) is 8.71. The van der Waals surface area contributed by atoms with E-state index in [1.165, 1.54) is 51.4 Å². The normalized spacial score (nSPS) is 22.9. The van der Waals surface area contributed by atoms with Crippen LogP contribution < -0.4 is 5.30 Å². The van der Waals surface area contributed by atoms with Gasteiger partial charge >= 0.3 is 0 Å². The number of rotatable bonds is 3. The third-order valence-electron chi connectivity index (χ3n) is 4.55. The van der Waals surface area contributed by atoms with Gasteiger partial charge in [-0.15, -0.1) is 11.3 Å². The van der Waals surface area contributed by atoms with Gasteiger partial charge < -0.3 is 0 Å². The predicted octanol–water partition coefficient (Wildman–Crippen LogP) is 5.05. The molecule has 0 nitrogen and oxygen atoms in total. The van der Waals surface area contributed by atoms with Crippen LogP contribution in [-0.2, 0) is 0 Å². The van der Waals surface area contributed by atoms with Gasteiger partial charge in [0.15, 0.2) is 0 Å². The molecule has 1 aromatic heterocycles. The number of hydrogen-bond donors (Lipinski definition) is 0. The van der Waals surface area contributed by atoms with E-state index in [0.717, 1.165) is 11.3 Å². The maximum atomic E-state index is 2.46. The van der Waals surface area contributed by atoms with E-state index in [1.807, 2.05) is 11.3 Å².